The molecule has 3 rings (SSSR count). The second-order valence-corrected chi connectivity index (χ2v) is 6.44. The number of halogens is 3. The minimum atomic E-state index is -1.61. The van der Waals surface area contributed by atoms with Crippen molar-refractivity contribution in [2.24, 2.45) is 0 Å². The number of H-pyrrole nitrogens is 1. The van der Waals surface area contributed by atoms with Crippen LogP contribution >= 0.6 is 34.8 Å². The van der Waals surface area contributed by atoms with Crippen LogP contribution in [0.4, 0.5) is 0 Å². The van der Waals surface area contributed by atoms with Crippen molar-refractivity contribution >= 4 is 34.8 Å². The maximum Gasteiger partial charge on any atom is 0.232 e. The van der Waals surface area contributed by atoms with Crippen molar-refractivity contribution < 1.29 is 4.42 Å². The van der Waals surface area contributed by atoms with Gasteiger partial charge in [-0.05, 0) is 12.1 Å². The van der Waals surface area contributed by atoms with Crippen molar-refractivity contribution in [3.8, 4) is 22.6 Å². The van der Waals surface area contributed by atoms with Crippen molar-refractivity contribution in [2.45, 2.75) is 3.79 Å². The van der Waals surface area contributed by atoms with E-state index in [2.05, 4.69) is 10.2 Å². The van der Waals surface area contributed by atoms with Gasteiger partial charge in [-0.1, -0.05) is 65.1 Å². The number of nitrogens with zero attached hydrogens (tertiary/aromatic N) is 1. The molecular weight excluding hydrogens is 319 g/mol. The molecule has 1 aromatic carbocycles. The summed E-state index contributed by atoms with van der Waals surface area (Å²) in [5.74, 6) is 0.596. The highest BCUT2D eigenvalue weighted by molar-refractivity contribution is 6.66. The highest BCUT2D eigenvalue weighted by Crippen LogP contribution is 2.45. The van der Waals surface area contributed by atoms with Crippen LogP contribution in [0, 0.1) is 0 Å². The molecule has 0 atom stereocenters. The first-order valence-electron chi connectivity index (χ1n) is 5.82. The van der Waals surface area contributed by atoms with Gasteiger partial charge < -0.3 is 4.42 Å². The average Bonchev–Trinajstić information content (AvgIpc) is 3.07. The van der Waals surface area contributed by atoms with Gasteiger partial charge in [-0.3, -0.25) is 5.10 Å². The lowest BCUT2D eigenvalue weighted by atomic mass is 10.0. The van der Waals surface area contributed by atoms with Gasteiger partial charge in [0.05, 0.1) is 17.5 Å². The summed E-state index contributed by atoms with van der Waals surface area (Å²) in [6, 6.07) is 13.2. The molecule has 0 amide bonds. The minimum absolute atomic E-state index is 0.385. The summed E-state index contributed by atoms with van der Waals surface area (Å²) >= 11 is 18.0. The number of aromatic amines is 1. The van der Waals surface area contributed by atoms with E-state index in [0.29, 0.717) is 22.7 Å². The van der Waals surface area contributed by atoms with Gasteiger partial charge in [0.1, 0.15) is 11.5 Å². The molecule has 0 aliphatic rings. The van der Waals surface area contributed by atoms with Gasteiger partial charge in [0, 0.05) is 5.56 Å². The van der Waals surface area contributed by atoms with Crippen LogP contribution in [0.25, 0.3) is 22.6 Å². The minimum Gasteiger partial charge on any atom is -0.464 e. The Kier molecular flexibility index (Phi) is 3.50. The van der Waals surface area contributed by atoms with Crippen LogP contribution in [-0.2, 0) is 3.79 Å². The van der Waals surface area contributed by atoms with E-state index in [9.17, 15) is 0 Å². The standard InChI is InChI=1S/C14H9Cl3N2O/c15-14(16,17)13-11(10-7-4-8-20-10)12(18-19-13)9-5-2-1-3-6-9/h1-8H,(H,18,19). The normalized spacial score (nSPS) is 11.8. The van der Waals surface area contributed by atoms with E-state index >= 15 is 0 Å². The number of benzene rings is 1. The fraction of sp³-hybridized carbons (Fsp3) is 0.0714. The Morgan fingerprint density at radius 3 is 2.35 bits per heavy atom. The number of aromatic nitrogens is 2. The van der Waals surface area contributed by atoms with Crippen molar-refractivity contribution in [1.29, 1.82) is 0 Å². The number of hydrogen-bond acceptors (Lipinski definition) is 2. The summed E-state index contributed by atoms with van der Waals surface area (Å²) in [6.45, 7) is 0. The van der Waals surface area contributed by atoms with E-state index in [1.54, 1.807) is 18.4 Å². The summed E-state index contributed by atoms with van der Waals surface area (Å²) < 4.78 is 3.83. The highest BCUT2D eigenvalue weighted by Gasteiger charge is 2.32. The van der Waals surface area contributed by atoms with Crippen LogP contribution in [0.1, 0.15) is 5.69 Å². The van der Waals surface area contributed by atoms with Gasteiger partial charge in [-0.15, -0.1) is 0 Å². The van der Waals surface area contributed by atoms with Crippen LogP contribution < -0.4 is 0 Å². The van der Waals surface area contributed by atoms with E-state index in [1.807, 2.05) is 30.3 Å². The molecule has 1 N–H and O–H groups in total. The topological polar surface area (TPSA) is 41.8 Å². The van der Waals surface area contributed by atoms with Crippen LogP contribution in [-0.4, -0.2) is 10.2 Å². The molecule has 2 aromatic heterocycles. The lowest BCUT2D eigenvalue weighted by molar-refractivity contribution is 0.582. The predicted molar refractivity (Wildman–Crippen MR) is 81.0 cm³/mol. The molecule has 2 heterocycles. The molecule has 102 valence electrons. The molecule has 3 aromatic rings. The van der Waals surface area contributed by atoms with Gasteiger partial charge >= 0.3 is 0 Å². The lowest BCUT2D eigenvalue weighted by Crippen LogP contribution is -2.02. The molecule has 6 heteroatoms. The van der Waals surface area contributed by atoms with E-state index in [1.165, 1.54) is 0 Å². The van der Waals surface area contributed by atoms with Crippen molar-refractivity contribution in [3.05, 3.63) is 54.4 Å². The Bertz CT molecular complexity index is 700. The summed E-state index contributed by atoms with van der Waals surface area (Å²) in [4.78, 5) is 0. The second-order valence-electron chi connectivity index (χ2n) is 4.16. The monoisotopic (exact) mass is 326 g/mol. The maximum absolute atomic E-state index is 6.00. The van der Waals surface area contributed by atoms with Crippen LogP contribution in [0.15, 0.2) is 53.1 Å². The van der Waals surface area contributed by atoms with Crippen LogP contribution in [0.2, 0.25) is 0 Å². The van der Waals surface area contributed by atoms with E-state index in [0.717, 1.165) is 5.56 Å². The Hall–Kier alpha value is -1.42. The molecule has 0 saturated heterocycles. The Morgan fingerprint density at radius 2 is 1.75 bits per heavy atom. The summed E-state index contributed by atoms with van der Waals surface area (Å²) in [5, 5.41) is 7.07. The largest absolute Gasteiger partial charge is 0.464 e. The van der Waals surface area contributed by atoms with Crippen LogP contribution in [0.3, 0.4) is 0 Å². The molecule has 0 spiro atoms. The highest BCUT2D eigenvalue weighted by atomic mass is 35.6. The number of nitrogens with one attached hydrogen (secondary N) is 1. The number of alkyl halides is 3. The first-order chi connectivity index (χ1) is 9.57. The molecule has 3 nitrogen and oxygen atoms in total. The lowest BCUT2D eigenvalue weighted by Gasteiger charge is -2.10. The molecule has 0 bridgehead atoms. The maximum atomic E-state index is 6.00. The Morgan fingerprint density at radius 1 is 1.00 bits per heavy atom. The first kappa shape index (κ1) is 13.6. The van der Waals surface area contributed by atoms with Crippen molar-refractivity contribution in [2.75, 3.05) is 0 Å². The third kappa shape index (κ3) is 2.44. The van der Waals surface area contributed by atoms with Crippen LogP contribution in [0.5, 0.6) is 0 Å². The predicted octanol–water partition coefficient (Wildman–Crippen LogP) is 5.16. The average molecular weight is 328 g/mol. The summed E-state index contributed by atoms with van der Waals surface area (Å²) in [6.07, 6.45) is 1.57. The molecular formula is C14H9Cl3N2O. The van der Waals surface area contributed by atoms with E-state index < -0.39 is 3.79 Å². The smallest absolute Gasteiger partial charge is 0.232 e. The summed E-state index contributed by atoms with van der Waals surface area (Å²) in [5.41, 5.74) is 2.63. The first-order valence-corrected chi connectivity index (χ1v) is 6.95. The Balaban J connectivity index is 2.25. The van der Waals surface area contributed by atoms with Gasteiger partial charge in [-0.2, -0.15) is 5.10 Å². The van der Waals surface area contributed by atoms with Crippen molar-refractivity contribution in [1.82, 2.24) is 10.2 Å². The molecule has 0 radical (unpaired) electrons. The molecule has 0 aliphatic carbocycles. The van der Waals surface area contributed by atoms with Gasteiger partial charge in [0.15, 0.2) is 0 Å². The van der Waals surface area contributed by atoms with E-state index in [-0.39, 0.29) is 0 Å². The zero-order valence-corrected chi connectivity index (χ0v) is 12.4. The fourth-order valence-corrected chi connectivity index (χ4v) is 2.42. The third-order valence-corrected chi connectivity index (χ3v) is 3.43. The molecule has 0 aliphatic heterocycles. The number of rotatable bonds is 2. The van der Waals surface area contributed by atoms with Gasteiger partial charge in [-0.25, -0.2) is 0 Å². The van der Waals surface area contributed by atoms with Gasteiger partial charge in [0.25, 0.3) is 0 Å². The van der Waals surface area contributed by atoms with E-state index in [4.69, 9.17) is 39.2 Å². The molecule has 0 fully saturated rings. The van der Waals surface area contributed by atoms with Crippen molar-refractivity contribution in [3.63, 3.8) is 0 Å². The number of furan rings is 1. The van der Waals surface area contributed by atoms with Gasteiger partial charge in [0.2, 0.25) is 3.79 Å². The quantitative estimate of drug-likeness (QED) is 0.660. The second kappa shape index (κ2) is 5.17. The SMILES string of the molecule is ClC(Cl)(Cl)c1[nH]nc(-c2ccccc2)c1-c1ccco1. The zero-order chi connectivity index (χ0) is 14.2. The number of hydrogen-bond donors (Lipinski definition) is 1. The third-order valence-electron chi connectivity index (χ3n) is 2.86. The Labute approximate surface area is 130 Å². The molecule has 0 unspecified atom stereocenters. The molecule has 20 heavy (non-hydrogen) atoms. The fourth-order valence-electron chi connectivity index (χ4n) is 2.01. The zero-order valence-electron chi connectivity index (χ0n) is 10.1. The summed E-state index contributed by atoms with van der Waals surface area (Å²) in [7, 11) is 0. The molecule has 0 saturated carbocycles.